The van der Waals surface area contributed by atoms with Crippen LogP contribution < -0.4 is 10.1 Å². The van der Waals surface area contributed by atoms with Gasteiger partial charge in [0.15, 0.2) is 0 Å². The molecule has 0 radical (unpaired) electrons. The highest BCUT2D eigenvalue weighted by Gasteiger charge is 2.40. The van der Waals surface area contributed by atoms with Crippen LogP contribution in [0.3, 0.4) is 0 Å². The number of fused-ring (bicyclic) bond motifs is 1. The summed E-state index contributed by atoms with van der Waals surface area (Å²) in [6, 6.07) is 6.60. The molecule has 0 saturated carbocycles. The van der Waals surface area contributed by atoms with Gasteiger partial charge >= 0.3 is 12.1 Å². The van der Waals surface area contributed by atoms with E-state index in [0.29, 0.717) is 0 Å². The number of alkyl halides is 3. The zero-order chi connectivity index (χ0) is 20.4. The highest BCUT2D eigenvalue weighted by Crippen LogP contribution is 2.38. The fourth-order valence-electron chi connectivity index (χ4n) is 3.89. The van der Waals surface area contributed by atoms with E-state index < -0.39 is 12.1 Å². The minimum Gasteiger partial charge on any atom is -0.493 e. The third kappa shape index (κ3) is 4.95. The summed E-state index contributed by atoms with van der Waals surface area (Å²) >= 11 is 0. The molecule has 2 fully saturated rings. The van der Waals surface area contributed by atoms with Crippen LogP contribution in [0.1, 0.15) is 30.4 Å². The predicted molar refractivity (Wildman–Crippen MR) is 93.9 cm³/mol. The fraction of sp³-hybridized carbons (Fsp3) is 0.579. The lowest BCUT2D eigenvalue weighted by Crippen LogP contribution is -2.40. The van der Waals surface area contributed by atoms with Crippen molar-refractivity contribution in [2.45, 2.75) is 38.4 Å². The highest BCUT2D eigenvalue weighted by atomic mass is 19.4. The Morgan fingerprint density at radius 3 is 2.54 bits per heavy atom. The molecule has 1 aromatic carbocycles. The summed E-state index contributed by atoms with van der Waals surface area (Å²) in [5, 5.41) is 10.1. The second-order valence-corrected chi connectivity index (χ2v) is 7.57. The van der Waals surface area contributed by atoms with Crippen LogP contribution in [0.5, 0.6) is 5.75 Å². The smallest absolute Gasteiger partial charge is 0.490 e. The van der Waals surface area contributed by atoms with Crippen molar-refractivity contribution in [3.63, 3.8) is 0 Å². The molecule has 1 spiro atoms. The summed E-state index contributed by atoms with van der Waals surface area (Å²) in [4.78, 5) is 22.9. The Hall–Kier alpha value is -2.29. The maximum absolute atomic E-state index is 11.5. The lowest BCUT2D eigenvalue weighted by atomic mass is 9.77. The molecule has 3 aliphatic heterocycles. The first-order valence-corrected chi connectivity index (χ1v) is 9.21. The number of rotatable bonds is 2. The van der Waals surface area contributed by atoms with Crippen molar-refractivity contribution in [3.8, 4) is 5.75 Å². The monoisotopic (exact) mass is 400 g/mol. The van der Waals surface area contributed by atoms with E-state index in [0.717, 1.165) is 64.2 Å². The Balaban J connectivity index is 0.000000279. The van der Waals surface area contributed by atoms with Crippen molar-refractivity contribution in [1.82, 2.24) is 10.2 Å². The number of aliphatic carboxylic acids is 1. The molecule has 9 heteroatoms. The summed E-state index contributed by atoms with van der Waals surface area (Å²) in [5.74, 6) is -1.46. The van der Waals surface area contributed by atoms with Gasteiger partial charge in [0.25, 0.3) is 0 Å². The molecule has 1 aromatic rings. The standard InChI is InChI=1S/C17H22N2O2.C2HF3O2/c20-16-10-17(12-18-16)4-6-19(7-5-17)11-13-1-2-15-14(9-13)3-8-21-15;3-2(4,5)1(6)7/h1-2,9H,3-8,10-12H2,(H,18,20);(H,6,7). The number of carboxylic acids is 1. The molecule has 0 unspecified atom stereocenters. The number of carbonyl (C=O) groups excluding carboxylic acids is 1. The minimum atomic E-state index is -5.08. The third-order valence-electron chi connectivity index (χ3n) is 5.52. The number of carbonyl (C=O) groups is 2. The van der Waals surface area contributed by atoms with Gasteiger partial charge < -0.3 is 15.2 Å². The van der Waals surface area contributed by atoms with Crippen LogP contribution >= 0.6 is 0 Å². The zero-order valence-electron chi connectivity index (χ0n) is 15.3. The average molecular weight is 400 g/mol. The van der Waals surface area contributed by atoms with E-state index in [4.69, 9.17) is 14.6 Å². The highest BCUT2D eigenvalue weighted by molar-refractivity contribution is 5.79. The van der Waals surface area contributed by atoms with Gasteiger partial charge in [-0.25, -0.2) is 4.79 Å². The molecule has 4 rings (SSSR count). The second-order valence-electron chi connectivity index (χ2n) is 7.57. The van der Waals surface area contributed by atoms with Gasteiger partial charge in [0.05, 0.1) is 6.61 Å². The SMILES string of the molecule is O=C(O)C(F)(F)F.O=C1CC2(CCN(Cc3ccc4c(c3)CCO4)CC2)CN1. The Kier molecular flexibility index (Phi) is 5.83. The topological polar surface area (TPSA) is 78.9 Å². The van der Waals surface area contributed by atoms with Crippen molar-refractivity contribution in [2.24, 2.45) is 5.41 Å². The van der Waals surface area contributed by atoms with Crippen molar-refractivity contribution < 1.29 is 32.6 Å². The molecule has 28 heavy (non-hydrogen) atoms. The lowest BCUT2D eigenvalue weighted by Gasteiger charge is -2.38. The fourth-order valence-corrected chi connectivity index (χ4v) is 3.89. The molecule has 154 valence electrons. The van der Waals surface area contributed by atoms with Gasteiger partial charge in [0.2, 0.25) is 5.91 Å². The van der Waals surface area contributed by atoms with Crippen molar-refractivity contribution in [3.05, 3.63) is 29.3 Å². The van der Waals surface area contributed by atoms with Gasteiger partial charge in [-0.15, -0.1) is 0 Å². The first-order valence-electron chi connectivity index (χ1n) is 9.21. The third-order valence-corrected chi connectivity index (χ3v) is 5.52. The van der Waals surface area contributed by atoms with Gasteiger partial charge in [-0.3, -0.25) is 9.69 Å². The van der Waals surface area contributed by atoms with Gasteiger partial charge in [-0.2, -0.15) is 13.2 Å². The molecule has 0 aromatic heterocycles. The number of benzene rings is 1. The summed E-state index contributed by atoms with van der Waals surface area (Å²) in [5.41, 5.74) is 2.99. The molecule has 2 saturated heterocycles. The number of halogens is 3. The maximum atomic E-state index is 11.5. The first-order chi connectivity index (χ1) is 13.2. The van der Waals surface area contributed by atoms with Crippen LogP contribution in [0.15, 0.2) is 18.2 Å². The molecule has 0 atom stereocenters. The number of nitrogens with zero attached hydrogens (tertiary/aromatic N) is 1. The molecular formula is C19H23F3N2O4. The lowest BCUT2D eigenvalue weighted by molar-refractivity contribution is -0.192. The largest absolute Gasteiger partial charge is 0.493 e. The van der Waals surface area contributed by atoms with E-state index in [-0.39, 0.29) is 11.3 Å². The molecular weight excluding hydrogens is 377 g/mol. The van der Waals surface area contributed by atoms with Crippen LogP contribution in [0.4, 0.5) is 13.2 Å². The number of amides is 1. The Morgan fingerprint density at radius 1 is 1.29 bits per heavy atom. The molecule has 0 aliphatic carbocycles. The van der Waals surface area contributed by atoms with Crippen molar-refractivity contribution in [2.75, 3.05) is 26.2 Å². The first kappa shape index (κ1) is 20.4. The number of ether oxygens (including phenoxy) is 1. The summed E-state index contributed by atoms with van der Waals surface area (Å²) in [7, 11) is 0. The number of piperidine rings is 1. The van der Waals surface area contributed by atoms with Gasteiger partial charge in [0.1, 0.15) is 5.75 Å². The molecule has 3 aliphatic rings. The maximum Gasteiger partial charge on any atom is 0.490 e. The number of carboxylic acid groups (broad SMARTS) is 1. The van der Waals surface area contributed by atoms with E-state index in [1.807, 2.05) is 0 Å². The molecule has 0 bridgehead atoms. The Morgan fingerprint density at radius 2 is 1.96 bits per heavy atom. The van der Waals surface area contributed by atoms with E-state index in [2.05, 4.69) is 28.4 Å². The van der Waals surface area contributed by atoms with Crippen molar-refractivity contribution in [1.29, 1.82) is 0 Å². The quantitative estimate of drug-likeness (QED) is 0.797. The van der Waals surface area contributed by atoms with Crippen LogP contribution in [0.25, 0.3) is 0 Å². The summed E-state index contributed by atoms with van der Waals surface area (Å²) < 4.78 is 37.3. The predicted octanol–water partition coefficient (Wildman–Crippen LogP) is 2.36. The van der Waals surface area contributed by atoms with Crippen LogP contribution in [-0.2, 0) is 22.6 Å². The average Bonchev–Trinajstić information content (AvgIpc) is 3.23. The second kappa shape index (κ2) is 7.98. The number of hydrogen-bond acceptors (Lipinski definition) is 4. The Bertz CT molecular complexity index is 743. The zero-order valence-corrected chi connectivity index (χ0v) is 15.3. The normalized spacial score (nSPS) is 20.8. The van der Waals surface area contributed by atoms with Gasteiger partial charge in [0, 0.05) is 25.9 Å². The van der Waals surface area contributed by atoms with E-state index in [1.165, 1.54) is 11.1 Å². The summed E-state index contributed by atoms with van der Waals surface area (Å²) in [6.07, 6.45) is -1.03. The van der Waals surface area contributed by atoms with E-state index in [1.54, 1.807) is 0 Å². The number of hydrogen-bond donors (Lipinski definition) is 2. The number of nitrogens with one attached hydrogen (secondary N) is 1. The molecule has 2 N–H and O–H groups in total. The van der Waals surface area contributed by atoms with Crippen LogP contribution in [-0.4, -0.2) is 54.3 Å². The van der Waals surface area contributed by atoms with Crippen molar-refractivity contribution >= 4 is 11.9 Å². The molecule has 1 amide bonds. The van der Waals surface area contributed by atoms with Crippen LogP contribution in [0, 0.1) is 5.41 Å². The van der Waals surface area contributed by atoms with Crippen LogP contribution in [0.2, 0.25) is 0 Å². The minimum absolute atomic E-state index is 0.238. The summed E-state index contributed by atoms with van der Waals surface area (Å²) in [6.45, 7) is 4.93. The van der Waals surface area contributed by atoms with Gasteiger partial charge in [-0.05, 0) is 48.5 Å². The number of likely N-dealkylation sites (tertiary alicyclic amines) is 1. The Labute approximate surface area is 160 Å². The van der Waals surface area contributed by atoms with E-state index in [9.17, 15) is 18.0 Å². The van der Waals surface area contributed by atoms with E-state index >= 15 is 0 Å². The molecule has 6 nitrogen and oxygen atoms in total. The van der Waals surface area contributed by atoms with Gasteiger partial charge in [-0.1, -0.05) is 12.1 Å². The molecule has 3 heterocycles.